The number of ketones is 1. The van der Waals surface area contributed by atoms with Crippen molar-refractivity contribution in [1.29, 1.82) is 0 Å². The molecule has 0 unspecified atom stereocenters. The Balaban J connectivity index is 1.98. The highest BCUT2D eigenvalue weighted by molar-refractivity contribution is 6.10. The number of aryl methyl sites for hydroxylation is 1. The summed E-state index contributed by atoms with van der Waals surface area (Å²) in [5.74, 6) is 0.728. The second kappa shape index (κ2) is 5.48. The van der Waals surface area contributed by atoms with Crippen molar-refractivity contribution in [2.24, 2.45) is 0 Å². The molecule has 1 aliphatic carbocycles. The van der Waals surface area contributed by atoms with Crippen molar-refractivity contribution in [2.75, 3.05) is 14.1 Å². The van der Waals surface area contributed by atoms with Crippen LogP contribution in [0, 0.1) is 0 Å². The molecule has 0 radical (unpaired) electrons. The molecule has 0 saturated carbocycles. The highest BCUT2D eigenvalue weighted by Crippen LogP contribution is 2.25. The summed E-state index contributed by atoms with van der Waals surface area (Å²) in [4.78, 5) is 23.3. The zero-order valence-electron chi connectivity index (χ0n) is 12.2. The van der Waals surface area contributed by atoms with E-state index in [9.17, 15) is 4.79 Å². The maximum Gasteiger partial charge on any atom is 0.193 e. The quantitative estimate of drug-likeness (QED) is 0.793. The Labute approximate surface area is 124 Å². The first-order valence-electron chi connectivity index (χ1n) is 6.98. The summed E-state index contributed by atoms with van der Waals surface area (Å²) in [6.45, 7) is 0. The van der Waals surface area contributed by atoms with E-state index in [0.29, 0.717) is 11.4 Å². The van der Waals surface area contributed by atoms with Gasteiger partial charge in [0.05, 0.1) is 11.3 Å². The van der Waals surface area contributed by atoms with Crippen LogP contribution in [0.4, 0.5) is 0 Å². The van der Waals surface area contributed by atoms with Crippen LogP contribution in [0.1, 0.15) is 22.5 Å². The smallest absolute Gasteiger partial charge is 0.193 e. The van der Waals surface area contributed by atoms with Gasteiger partial charge in [-0.2, -0.15) is 0 Å². The third-order valence-corrected chi connectivity index (χ3v) is 3.48. The molecule has 21 heavy (non-hydrogen) atoms. The number of allylic oxidation sites excluding steroid dienone is 1. The molecule has 4 nitrogen and oxygen atoms in total. The first kappa shape index (κ1) is 13.5. The monoisotopic (exact) mass is 279 g/mol. The third kappa shape index (κ3) is 2.70. The van der Waals surface area contributed by atoms with E-state index in [1.807, 2.05) is 55.5 Å². The molecular formula is C17H17N3O. The second-order valence-corrected chi connectivity index (χ2v) is 5.37. The van der Waals surface area contributed by atoms with Crippen LogP contribution < -0.4 is 0 Å². The van der Waals surface area contributed by atoms with E-state index in [-0.39, 0.29) is 5.78 Å². The average Bonchev–Trinajstić information content (AvgIpc) is 2.50. The Kier molecular flexibility index (Phi) is 3.52. The predicted octanol–water partition coefficient (Wildman–Crippen LogP) is 2.72. The molecule has 0 atom stereocenters. The SMILES string of the molecule is CN(C)/C=C1\CCc2nc(-c3ccccc3)ncc2C1=O. The van der Waals surface area contributed by atoms with E-state index in [4.69, 9.17) is 0 Å². The van der Waals surface area contributed by atoms with Crippen molar-refractivity contribution in [3.8, 4) is 11.4 Å². The van der Waals surface area contributed by atoms with Gasteiger partial charge in [-0.1, -0.05) is 30.3 Å². The average molecular weight is 279 g/mol. The van der Waals surface area contributed by atoms with Gasteiger partial charge in [0, 0.05) is 37.6 Å². The molecule has 1 heterocycles. The fourth-order valence-corrected chi connectivity index (χ4v) is 2.50. The summed E-state index contributed by atoms with van der Waals surface area (Å²) in [5.41, 5.74) is 3.28. The largest absolute Gasteiger partial charge is 0.383 e. The van der Waals surface area contributed by atoms with Crippen molar-refractivity contribution in [1.82, 2.24) is 14.9 Å². The van der Waals surface area contributed by atoms with Gasteiger partial charge in [-0.3, -0.25) is 4.79 Å². The van der Waals surface area contributed by atoms with Crippen molar-refractivity contribution in [2.45, 2.75) is 12.8 Å². The van der Waals surface area contributed by atoms with Gasteiger partial charge in [-0.15, -0.1) is 0 Å². The van der Waals surface area contributed by atoms with Gasteiger partial charge in [0.2, 0.25) is 0 Å². The number of hydrogen-bond acceptors (Lipinski definition) is 4. The highest BCUT2D eigenvalue weighted by atomic mass is 16.1. The molecule has 3 rings (SSSR count). The molecule has 0 bridgehead atoms. The third-order valence-electron chi connectivity index (χ3n) is 3.48. The predicted molar refractivity (Wildman–Crippen MR) is 81.9 cm³/mol. The number of hydrogen-bond donors (Lipinski definition) is 0. The molecule has 0 amide bonds. The Morgan fingerprint density at radius 1 is 1.14 bits per heavy atom. The maximum atomic E-state index is 12.4. The molecule has 4 heteroatoms. The van der Waals surface area contributed by atoms with Gasteiger partial charge in [0.15, 0.2) is 11.6 Å². The fourth-order valence-electron chi connectivity index (χ4n) is 2.50. The summed E-state index contributed by atoms with van der Waals surface area (Å²) in [6, 6.07) is 9.83. The van der Waals surface area contributed by atoms with Crippen LogP contribution in [0.2, 0.25) is 0 Å². The minimum atomic E-state index is 0.0459. The van der Waals surface area contributed by atoms with Crippen LogP contribution in [0.15, 0.2) is 48.3 Å². The van der Waals surface area contributed by atoms with E-state index in [2.05, 4.69) is 9.97 Å². The van der Waals surface area contributed by atoms with Gasteiger partial charge in [-0.05, 0) is 12.8 Å². The number of nitrogens with zero attached hydrogens (tertiary/aromatic N) is 3. The first-order valence-corrected chi connectivity index (χ1v) is 6.98. The van der Waals surface area contributed by atoms with E-state index >= 15 is 0 Å². The molecule has 0 spiro atoms. The Hall–Kier alpha value is -2.49. The van der Waals surface area contributed by atoms with E-state index in [1.54, 1.807) is 6.20 Å². The van der Waals surface area contributed by atoms with Crippen LogP contribution in [0.5, 0.6) is 0 Å². The number of benzene rings is 1. The van der Waals surface area contributed by atoms with Crippen molar-refractivity contribution in [3.63, 3.8) is 0 Å². The highest BCUT2D eigenvalue weighted by Gasteiger charge is 2.24. The van der Waals surface area contributed by atoms with Gasteiger partial charge >= 0.3 is 0 Å². The van der Waals surface area contributed by atoms with E-state index in [1.165, 1.54) is 0 Å². The van der Waals surface area contributed by atoms with Crippen molar-refractivity contribution >= 4 is 5.78 Å². The number of carbonyl (C=O) groups excluding carboxylic acids is 1. The van der Waals surface area contributed by atoms with Gasteiger partial charge in [-0.25, -0.2) is 9.97 Å². The second-order valence-electron chi connectivity index (χ2n) is 5.37. The lowest BCUT2D eigenvalue weighted by atomic mass is 9.91. The standard InChI is InChI=1S/C17H17N3O/c1-20(2)11-13-8-9-15-14(16(13)21)10-18-17(19-15)12-6-4-3-5-7-12/h3-7,10-11H,8-9H2,1-2H3/b13-11+. The van der Waals surface area contributed by atoms with Crippen molar-refractivity contribution < 1.29 is 4.79 Å². The fraction of sp³-hybridized carbons (Fsp3) is 0.235. The van der Waals surface area contributed by atoms with Gasteiger partial charge in [0.1, 0.15) is 0 Å². The van der Waals surface area contributed by atoms with E-state index < -0.39 is 0 Å². The van der Waals surface area contributed by atoms with Crippen LogP contribution in [0.3, 0.4) is 0 Å². The number of carbonyl (C=O) groups is 1. The number of rotatable bonds is 2. The Morgan fingerprint density at radius 3 is 2.62 bits per heavy atom. The lowest BCUT2D eigenvalue weighted by Gasteiger charge is -2.18. The lowest BCUT2D eigenvalue weighted by molar-refractivity contribution is 0.102. The normalized spacial score (nSPS) is 15.9. The molecule has 0 N–H and O–H groups in total. The molecule has 0 saturated heterocycles. The summed E-state index contributed by atoms with van der Waals surface area (Å²) >= 11 is 0. The zero-order valence-corrected chi connectivity index (χ0v) is 12.2. The van der Waals surface area contributed by atoms with Gasteiger partial charge in [0.25, 0.3) is 0 Å². The molecule has 1 aliphatic rings. The molecule has 1 aromatic carbocycles. The minimum absolute atomic E-state index is 0.0459. The number of aromatic nitrogens is 2. The minimum Gasteiger partial charge on any atom is -0.383 e. The molecular weight excluding hydrogens is 262 g/mol. The van der Waals surface area contributed by atoms with Crippen LogP contribution in [0.25, 0.3) is 11.4 Å². The maximum absolute atomic E-state index is 12.4. The molecule has 0 aliphatic heterocycles. The Morgan fingerprint density at radius 2 is 1.90 bits per heavy atom. The van der Waals surface area contributed by atoms with Crippen LogP contribution in [-0.4, -0.2) is 34.7 Å². The van der Waals surface area contributed by atoms with Crippen molar-refractivity contribution in [3.05, 3.63) is 59.6 Å². The van der Waals surface area contributed by atoms with Crippen LogP contribution in [-0.2, 0) is 6.42 Å². The molecule has 0 fully saturated rings. The summed E-state index contributed by atoms with van der Waals surface area (Å²) < 4.78 is 0. The lowest BCUT2D eigenvalue weighted by Crippen LogP contribution is -2.19. The summed E-state index contributed by atoms with van der Waals surface area (Å²) in [7, 11) is 3.84. The summed E-state index contributed by atoms with van der Waals surface area (Å²) in [5, 5.41) is 0. The van der Waals surface area contributed by atoms with E-state index in [0.717, 1.165) is 29.7 Å². The summed E-state index contributed by atoms with van der Waals surface area (Å²) in [6.07, 6.45) is 5.06. The van der Waals surface area contributed by atoms with Crippen LogP contribution >= 0.6 is 0 Å². The molecule has 106 valence electrons. The topological polar surface area (TPSA) is 46.1 Å². The molecule has 1 aromatic heterocycles. The molecule has 2 aromatic rings. The first-order chi connectivity index (χ1) is 10.1. The number of Topliss-reactive ketones (excluding diaryl/α,β-unsaturated/α-hetero) is 1. The zero-order chi connectivity index (χ0) is 14.8. The number of fused-ring (bicyclic) bond motifs is 1. The Bertz CT molecular complexity index is 705. The van der Waals surface area contributed by atoms with Gasteiger partial charge < -0.3 is 4.90 Å².